The summed E-state index contributed by atoms with van der Waals surface area (Å²) in [5.41, 5.74) is 4.09. The van der Waals surface area contributed by atoms with Crippen LogP contribution in [0.2, 0.25) is 0 Å². The lowest BCUT2D eigenvalue weighted by Gasteiger charge is -2.35. The third kappa shape index (κ3) is 5.14. The average molecular weight is 460 g/mol. The zero-order valence-electron chi connectivity index (χ0n) is 19.7. The molecule has 0 aliphatic carbocycles. The van der Waals surface area contributed by atoms with Crippen molar-refractivity contribution in [3.8, 4) is 11.5 Å². The molecule has 3 aromatic carbocycles. The van der Waals surface area contributed by atoms with Gasteiger partial charge < -0.3 is 19.7 Å². The molecule has 1 fully saturated rings. The average Bonchev–Trinajstić information content (AvgIpc) is 2.86. The minimum absolute atomic E-state index is 0.0230. The molecule has 1 N–H and O–H groups in total. The van der Waals surface area contributed by atoms with Gasteiger partial charge in [0, 0.05) is 37.0 Å². The van der Waals surface area contributed by atoms with E-state index in [9.17, 15) is 9.59 Å². The predicted molar refractivity (Wildman–Crippen MR) is 133 cm³/mol. The molecule has 1 saturated heterocycles. The van der Waals surface area contributed by atoms with Gasteiger partial charge in [-0.05, 0) is 55.3 Å². The molecule has 0 spiro atoms. The Labute approximate surface area is 199 Å². The fourth-order valence-electron chi connectivity index (χ4n) is 3.98. The van der Waals surface area contributed by atoms with Crippen LogP contribution in [0, 0.1) is 6.92 Å². The second-order valence-corrected chi connectivity index (χ2v) is 8.26. The molecule has 34 heavy (non-hydrogen) atoms. The van der Waals surface area contributed by atoms with E-state index in [2.05, 4.69) is 36.5 Å². The van der Waals surface area contributed by atoms with Gasteiger partial charge in [-0.15, -0.1) is 0 Å². The summed E-state index contributed by atoms with van der Waals surface area (Å²) >= 11 is 0. The van der Waals surface area contributed by atoms with Gasteiger partial charge in [0.25, 0.3) is 5.91 Å². The molecule has 1 aliphatic heterocycles. The zero-order valence-corrected chi connectivity index (χ0v) is 19.7. The molecule has 0 bridgehead atoms. The molecule has 0 aromatic heterocycles. The lowest BCUT2D eigenvalue weighted by molar-refractivity contribution is 0.102. The van der Waals surface area contributed by atoms with Gasteiger partial charge in [0.15, 0.2) is 0 Å². The van der Waals surface area contributed by atoms with Crippen molar-refractivity contribution in [2.45, 2.75) is 19.9 Å². The number of anilines is 2. The van der Waals surface area contributed by atoms with Crippen LogP contribution < -0.4 is 19.7 Å². The Hall–Kier alpha value is -4.00. The summed E-state index contributed by atoms with van der Waals surface area (Å²) in [6.07, 6.45) is 0.884. The Bertz CT molecular complexity index is 1160. The van der Waals surface area contributed by atoms with E-state index < -0.39 is 0 Å². The van der Waals surface area contributed by atoms with Crippen molar-refractivity contribution in [1.82, 2.24) is 4.90 Å². The van der Waals surface area contributed by atoms with Gasteiger partial charge in [0.05, 0.1) is 19.9 Å². The van der Waals surface area contributed by atoms with E-state index in [0.29, 0.717) is 35.8 Å². The summed E-state index contributed by atoms with van der Waals surface area (Å²) < 4.78 is 10.6. The lowest BCUT2D eigenvalue weighted by Crippen LogP contribution is -2.49. The van der Waals surface area contributed by atoms with Gasteiger partial charge in [-0.1, -0.05) is 29.8 Å². The first-order valence-corrected chi connectivity index (χ1v) is 11.2. The molecule has 3 aromatic rings. The molecule has 1 heterocycles. The van der Waals surface area contributed by atoms with Crippen LogP contribution in [0.5, 0.6) is 11.5 Å². The highest BCUT2D eigenvalue weighted by Gasteiger charge is 2.27. The first-order chi connectivity index (χ1) is 16.5. The third-order valence-electron chi connectivity index (χ3n) is 5.90. The van der Waals surface area contributed by atoms with Crippen molar-refractivity contribution in [2.75, 3.05) is 37.5 Å². The first kappa shape index (κ1) is 23.2. The SMILES string of the molecule is COc1ccc(OC)c(NC(=O)c2ccc(N3CCCN(Cc4ccc(C)cc4)C3=O)cc2)c1. The van der Waals surface area contributed by atoms with Gasteiger partial charge in [0.1, 0.15) is 11.5 Å². The van der Waals surface area contributed by atoms with E-state index in [4.69, 9.17) is 9.47 Å². The van der Waals surface area contributed by atoms with E-state index in [-0.39, 0.29) is 11.9 Å². The van der Waals surface area contributed by atoms with Crippen LogP contribution in [-0.2, 0) is 6.54 Å². The quantitative estimate of drug-likeness (QED) is 0.534. The number of benzene rings is 3. The molecule has 7 nitrogen and oxygen atoms in total. The van der Waals surface area contributed by atoms with E-state index in [1.54, 1.807) is 49.5 Å². The number of nitrogens with zero attached hydrogens (tertiary/aromatic N) is 2. The highest BCUT2D eigenvalue weighted by molar-refractivity contribution is 6.05. The van der Waals surface area contributed by atoms with E-state index in [1.165, 1.54) is 5.56 Å². The molecule has 176 valence electrons. The Kier molecular flexibility index (Phi) is 7.01. The molecule has 0 unspecified atom stereocenters. The Morgan fingerprint density at radius 2 is 1.68 bits per heavy atom. The molecular weight excluding hydrogens is 430 g/mol. The number of ether oxygens (including phenoxy) is 2. The first-order valence-electron chi connectivity index (χ1n) is 11.2. The number of urea groups is 1. The van der Waals surface area contributed by atoms with Crippen LogP contribution in [0.1, 0.15) is 27.9 Å². The molecule has 3 amide bonds. The minimum atomic E-state index is -0.274. The summed E-state index contributed by atoms with van der Waals surface area (Å²) in [7, 11) is 3.11. The highest BCUT2D eigenvalue weighted by atomic mass is 16.5. The van der Waals surface area contributed by atoms with E-state index in [0.717, 1.165) is 24.2 Å². The maximum atomic E-state index is 13.1. The van der Waals surface area contributed by atoms with Gasteiger partial charge in [-0.25, -0.2) is 4.79 Å². The van der Waals surface area contributed by atoms with Crippen molar-refractivity contribution in [3.63, 3.8) is 0 Å². The number of amides is 3. The zero-order chi connectivity index (χ0) is 24.1. The molecule has 0 saturated carbocycles. The van der Waals surface area contributed by atoms with Crippen molar-refractivity contribution >= 4 is 23.3 Å². The number of rotatable bonds is 7. The highest BCUT2D eigenvalue weighted by Crippen LogP contribution is 2.29. The van der Waals surface area contributed by atoms with Crippen LogP contribution in [0.25, 0.3) is 0 Å². The summed E-state index contributed by atoms with van der Waals surface area (Å²) in [5, 5.41) is 2.87. The summed E-state index contributed by atoms with van der Waals surface area (Å²) in [5.74, 6) is 0.882. The Morgan fingerprint density at radius 3 is 2.35 bits per heavy atom. The Morgan fingerprint density at radius 1 is 0.941 bits per heavy atom. The number of methoxy groups -OCH3 is 2. The number of hydrogen-bond acceptors (Lipinski definition) is 4. The third-order valence-corrected chi connectivity index (χ3v) is 5.90. The van der Waals surface area contributed by atoms with Crippen molar-refractivity contribution in [1.29, 1.82) is 0 Å². The fourth-order valence-corrected chi connectivity index (χ4v) is 3.98. The molecule has 1 aliphatic rings. The van der Waals surface area contributed by atoms with Crippen molar-refractivity contribution < 1.29 is 19.1 Å². The van der Waals surface area contributed by atoms with Crippen LogP contribution in [0.4, 0.5) is 16.2 Å². The molecule has 0 atom stereocenters. The maximum absolute atomic E-state index is 13.1. The summed E-state index contributed by atoms with van der Waals surface area (Å²) in [6, 6.07) is 20.5. The van der Waals surface area contributed by atoms with Gasteiger partial charge in [0.2, 0.25) is 0 Å². The van der Waals surface area contributed by atoms with Crippen LogP contribution in [-0.4, -0.2) is 44.1 Å². The monoisotopic (exact) mass is 459 g/mol. The lowest BCUT2D eigenvalue weighted by atomic mass is 10.1. The largest absolute Gasteiger partial charge is 0.497 e. The van der Waals surface area contributed by atoms with Crippen molar-refractivity contribution in [3.05, 3.63) is 83.4 Å². The van der Waals surface area contributed by atoms with Gasteiger partial charge in [-0.2, -0.15) is 0 Å². The van der Waals surface area contributed by atoms with Crippen LogP contribution >= 0.6 is 0 Å². The van der Waals surface area contributed by atoms with E-state index >= 15 is 0 Å². The van der Waals surface area contributed by atoms with E-state index in [1.807, 2.05) is 17.0 Å². The number of hydrogen-bond donors (Lipinski definition) is 1. The number of carbonyl (C=O) groups excluding carboxylic acids is 2. The number of nitrogens with one attached hydrogen (secondary N) is 1. The fraction of sp³-hybridized carbons (Fsp3) is 0.259. The summed E-state index contributed by atoms with van der Waals surface area (Å²) in [4.78, 5) is 29.6. The smallest absolute Gasteiger partial charge is 0.324 e. The second-order valence-electron chi connectivity index (χ2n) is 8.26. The predicted octanol–water partition coefficient (Wildman–Crippen LogP) is 5.10. The standard InChI is InChI=1S/C27H29N3O4/c1-19-5-7-20(8-6-19)18-29-15-4-16-30(27(29)32)22-11-9-21(10-12-22)26(31)28-24-17-23(33-2)13-14-25(24)34-3/h5-14,17H,4,15-16,18H2,1-3H3,(H,28,31). The van der Waals surface area contributed by atoms with Gasteiger partial charge in [-0.3, -0.25) is 9.69 Å². The van der Waals surface area contributed by atoms with Crippen LogP contribution in [0.3, 0.4) is 0 Å². The maximum Gasteiger partial charge on any atom is 0.324 e. The minimum Gasteiger partial charge on any atom is -0.497 e. The number of aryl methyl sites for hydroxylation is 1. The van der Waals surface area contributed by atoms with Gasteiger partial charge >= 0.3 is 6.03 Å². The van der Waals surface area contributed by atoms with Crippen molar-refractivity contribution in [2.24, 2.45) is 0 Å². The summed E-state index contributed by atoms with van der Waals surface area (Å²) in [6.45, 7) is 4.01. The molecule has 7 heteroatoms. The topological polar surface area (TPSA) is 71.1 Å². The molecular formula is C27H29N3O4. The normalized spacial score (nSPS) is 13.6. The van der Waals surface area contributed by atoms with Crippen LogP contribution in [0.15, 0.2) is 66.7 Å². The second kappa shape index (κ2) is 10.3. The molecule has 0 radical (unpaired) electrons. The molecule has 4 rings (SSSR count). The Balaban J connectivity index is 1.45. The number of carbonyl (C=O) groups is 2.